The maximum absolute atomic E-state index is 12.0. The predicted molar refractivity (Wildman–Crippen MR) is 103 cm³/mol. The molecule has 2 fully saturated rings. The molecule has 6 atom stereocenters. The number of allylic oxidation sites excluding steroid dienone is 6. The van der Waals surface area contributed by atoms with Crippen molar-refractivity contribution in [2.45, 2.75) is 65.3 Å². The van der Waals surface area contributed by atoms with E-state index in [1.807, 2.05) is 6.08 Å². The molecule has 0 saturated heterocycles. The van der Waals surface area contributed by atoms with Gasteiger partial charge in [-0.25, -0.2) is 0 Å². The molecule has 0 amide bonds. The molecule has 0 spiro atoms. The summed E-state index contributed by atoms with van der Waals surface area (Å²) in [4.78, 5) is 12.0. The van der Waals surface area contributed by atoms with Crippen LogP contribution in [0.15, 0.2) is 35.5 Å². The summed E-state index contributed by atoms with van der Waals surface area (Å²) in [6.07, 6.45) is 13.2. The first-order valence-corrected chi connectivity index (χ1v) is 10.4. The summed E-state index contributed by atoms with van der Waals surface area (Å²) in [6.45, 7) is 6.73. The van der Waals surface area contributed by atoms with Crippen LogP contribution in [0.25, 0.3) is 0 Å². The minimum atomic E-state index is -2.58. The second kappa shape index (κ2) is 6.13. The van der Waals surface area contributed by atoms with Crippen molar-refractivity contribution in [2.24, 2.45) is 34.5 Å². The highest BCUT2D eigenvalue weighted by Crippen LogP contribution is 2.66. The fourth-order valence-electron chi connectivity index (χ4n) is 6.98. The molecule has 4 aliphatic carbocycles. The molecule has 4 heteroatoms. The van der Waals surface area contributed by atoms with Crippen molar-refractivity contribution < 1.29 is 20.1 Å². The maximum atomic E-state index is 12.0. The first-order chi connectivity index (χ1) is 12.6. The molecular weight excluding hydrogens is 340 g/mol. The Balaban J connectivity index is 1.73. The van der Waals surface area contributed by atoms with Gasteiger partial charge in [-0.15, -0.1) is 0 Å². The molecule has 0 aromatic rings. The molecule has 2 saturated carbocycles. The van der Waals surface area contributed by atoms with Crippen molar-refractivity contribution in [1.29, 1.82) is 0 Å². The minimum absolute atomic E-state index is 0.0156. The van der Waals surface area contributed by atoms with Crippen LogP contribution in [-0.4, -0.2) is 27.1 Å². The summed E-state index contributed by atoms with van der Waals surface area (Å²) < 4.78 is 0. The molecule has 27 heavy (non-hydrogen) atoms. The Bertz CT molecular complexity index is 740. The number of hydrogen-bond acceptors (Lipinski definition) is 4. The highest BCUT2D eigenvalue weighted by atomic mass is 16.7. The lowest BCUT2D eigenvalue weighted by Gasteiger charge is -2.56. The van der Waals surface area contributed by atoms with E-state index in [1.54, 1.807) is 6.08 Å². The molecule has 148 valence electrons. The van der Waals surface area contributed by atoms with Gasteiger partial charge in [0.2, 0.25) is 0 Å². The SMILES string of the molecule is CCC1=C[C@H]2[C@@H]3CC[C@H](CC(O)(O)O)[C@@]3(C)CC[C@@H]2[C@@]2(C)C=CC(=O)C=C12. The van der Waals surface area contributed by atoms with Gasteiger partial charge in [-0.05, 0) is 84.5 Å². The van der Waals surface area contributed by atoms with Crippen LogP contribution in [0.2, 0.25) is 0 Å². The van der Waals surface area contributed by atoms with Crippen molar-refractivity contribution in [3.8, 4) is 0 Å². The number of hydrogen-bond donors (Lipinski definition) is 3. The zero-order chi connectivity index (χ0) is 19.6. The number of carbonyl (C=O) groups is 1. The number of fused-ring (bicyclic) bond motifs is 5. The Hall–Kier alpha value is -1.23. The van der Waals surface area contributed by atoms with E-state index >= 15 is 0 Å². The third kappa shape index (κ3) is 2.88. The third-order valence-electron chi connectivity index (χ3n) is 8.40. The molecule has 4 nitrogen and oxygen atoms in total. The Kier molecular flexibility index (Phi) is 4.34. The molecule has 0 aliphatic heterocycles. The largest absolute Gasteiger partial charge is 0.344 e. The summed E-state index contributed by atoms with van der Waals surface area (Å²) in [6, 6.07) is 0. The van der Waals surface area contributed by atoms with E-state index in [0.717, 1.165) is 32.1 Å². The van der Waals surface area contributed by atoms with Crippen molar-refractivity contribution >= 4 is 5.78 Å². The number of carbonyl (C=O) groups excluding carboxylic acids is 1. The Morgan fingerprint density at radius 3 is 2.56 bits per heavy atom. The Labute approximate surface area is 161 Å². The van der Waals surface area contributed by atoms with E-state index in [9.17, 15) is 20.1 Å². The lowest BCUT2D eigenvalue weighted by molar-refractivity contribution is -0.323. The van der Waals surface area contributed by atoms with Crippen molar-refractivity contribution in [3.05, 3.63) is 35.5 Å². The van der Waals surface area contributed by atoms with Gasteiger partial charge in [-0.3, -0.25) is 4.79 Å². The fourth-order valence-corrected chi connectivity index (χ4v) is 6.98. The van der Waals surface area contributed by atoms with Crippen molar-refractivity contribution in [2.75, 3.05) is 0 Å². The summed E-state index contributed by atoms with van der Waals surface area (Å²) in [5.41, 5.74) is 2.43. The van der Waals surface area contributed by atoms with Gasteiger partial charge >= 0.3 is 0 Å². The van der Waals surface area contributed by atoms with E-state index in [0.29, 0.717) is 17.8 Å². The van der Waals surface area contributed by atoms with E-state index < -0.39 is 5.97 Å². The summed E-state index contributed by atoms with van der Waals surface area (Å²) in [5, 5.41) is 28.7. The van der Waals surface area contributed by atoms with E-state index in [2.05, 4.69) is 32.9 Å². The van der Waals surface area contributed by atoms with Crippen LogP contribution in [0, 0.1) is 34.5 Å². The topological polar surface area (TPSA) is 77.8 Å². The van der Waals surface area contributed by atoms with Gasteiger partial charge in [0, 0.05) is 11.8 Å². The van der Waals surface area contributed by atoms with Gasteiger partial charge in [-0.1, -0.05) is 32.9 Å². The average Bonchev–Trinajstić information content (AvgIpc) is 2.90. The molecule has 0 unspecified atom stereocenters. The van der Waals surface area contributed by atoms with Crippen molar-refractivity contribution in [1.82, 2.24) is 0 Å². The smallest absolute Gasteiger partial charge is 0.275 e. The van der Waals surface area contributed by atoms with Crippen LogP contribution in [0.5, 0.6) is 0 Å². The third-order valence-corrected chi connectivity index (χ3v) is 8.40. The zero-order valence-corrected chi connectivity index (χ0v) is 16.6. The minimum Gasteiger partial charge on any atom is -0.344 e. The summed E-state index contributed by atoms with van der Waals surface area (Å²) in [7, 11) is 0. The Morgan fingerprint density at radius 1 is 1.15 bits per heavy atom. The van der Waals surface area contributed by atoms with Crippen LogP contribution in [0.4, 0.5) is 0 Å². The molecule has 0 aromatic heterocycles. The van der Waals surface area contributed by atoms with Gasteiger partial charge < -0.3 is 15.3 Å². The molecular formula is C23H32O4. The highest BCUT2D eigenvalue weighted by molar-refractivity contribution is 6.02. The van der Waals surface area contributed by atoms with E-state index in [1.165, 1.54) is 11.1 Å². The van der Waals surface area contributed by atoms with Crippen LogP contribution in [0.3, 0.4) is 0 Å². The number of ketones is 1. The quantitative estimate of drug-likeness (QED) is 0.663. The van der Waals surface area contributed by atoms with Crippen LogP contribution in [-0.2, 0) is 4.79 Å². The van der Waals surface area contributed by atoms with Crippen LogP contribution in [0.1, 0.15) is 59.3 Å². The summed E-state index contributed by atoms with van der Waals surface area (Å²) >= 11 is 0. The average molecular weight is 373 g/mol. The summed E-state index contributed by atoms with van der Waals surface area (Å²) in [5.74, 6) is -0.974. The van der Waals surface area contributed by atoms with Crippen LogP contribution < -0.4 is 0 Å². The van der Waals surface area contributed by atoms with Gasteiger partial charge in [0.1, 0.15) is 0 Å². The zero-order valence-electron chi connectivity index (χ0n) is 16.6. The molecule has 0 radical (unpaired) electrons. The normalized spacial score (nSPS) is 43.6. The van der Waals surface area contributed by atoms with Gasteiger partial charge in [0.05, 0.1) is 0 Å². The molecule has 0 aromatic carbocycles. The lowest BCUT2D eigenvalue weighted by atomic mass is 9.48. The van der Waals surface area contributed by atoms with Gasteiger partial charge in [-0.2, -0.15) is 0 Å². The molecule has 0 heterocycles. The maximum Gasteiger partial charge on any atom is 0.275 e. The van der Waals surface area contributed by atoms with E-state index in [4.69, 9.17) is 0 Å². The lowest BCUT2D eigenvalue weighted by Crippen LogP contribution is -2.49. The number of aliphatic hydroxyl groups is 3. The monoisotopic (exact) mass is 372 g/mol. The fraction of sp³-hybridized carbons (Fsp3) is 0.696. The first-order valence-electron chi connectivity index (χ1n) is 10.4. The molecule has 3 N–H and O–H groups in total. The van der Waals surface area contributed by atoms with Crippen molar-refractivity contribution in [3.63, 3.8) is 0 Å². The van der Waals surface area contributed by atoms with Gasteiger partial charge in [0.25, 0.3) is 5.97 Å². The van der Waals surface area contributed by atoms with Gasteiger partial charge in [0.15, 0.2) is 5.78 Å². The molecule has 4 rings (SSSR count). The molecule has 0 bridgehead atoms. The predicted octanol–water partition coefficient (Wildman–Crippen LogP) is 3.49. The molecule has 4 aliphatic rings. The van der Waals surface area contributed by atoms with Crippen LogP contribution >= 0.6 is 0 Å². The highest BCUT2D eigenvalue weighted by Gasteiger charge is 2.58. The Morgan fingerprint density at radius 2 is 1.89 bits per heavy atom. The standard InChI is InChI=1S/C23H32O4/c1-4-14-11-17-18-6-5-15(13-23(25,26)27)21(18,2)10-8-19(17)22(3)9-7-16(24)12-20(14)22/h7,9,11-12,15,17-19,25-27H,4-6,8,10,13H2,1-3H3/t15-,17+,18+,19+,21-,22-/m1/s1. The van der Waals surface area contributed by atoms with E-state index in [-0.39, 0.29) is 29.0 Å². The first kappa shape index (κ1) is 19.1. The number of rotatable bonds is 3. The second-order valence-corrected chi connectivity index (χ2v) is 9.71. The second-order valence-electron chi connectivity index (χ2n) is 9.71.